The lowest BCUT2D eigenvalue weighted by Gasteiger charge is -2.23. The smallest absolute Gasteiger partial charge is 0.0903 e. The highest BCUT2D eigenvalue weighted by Gasteiger charge is 2.20. The molecule has 1 aliphatic carbocycles. The first-order chi connectivity index (χ1) is 7.27. The number of hydrogen-bond acceptors (Lipinski definition) is 3. The van der Waals surface area contributed by atoms with Crippen LogP contribution < -0.4 is 0 Å². The van der Waals surface area contributed by atoms with Gasteiger partial charge in [0.05, 0.1) is 22.2 Å². The number of thiazole rings is 1. The highest BCUT2D eigenvalue weighted by molar-refractivity contribution is 7.09. The summed E-state index contributed by atoms with van der Waals surface area (Å²) in [7, 11) is 0. The third kappa shape index (κ3) is 2.79. The van der Waals surface area contributed by atoms with E-state index in [9.17, 15) is 5.11 Å². The SMILES string of the molecule is Cc1ncsc1C(O)CC1CCCCC1. The van der Waals surface area contributed by atoms with E-state index in [0.717, 1.165) is 22.9 Å². The molecule has 1 unspecified atom stereocenters. The predicted octanol–water partition coefficient (Wildman–Crippen LogP) is 3.46. The second-order valence-electron chi connectivity index (χ2n) is 4.56. The Morgan fingerprint density at radius 2 is 2.20 bits per heavy atom. The van der Waals surface area contributed by atoms with Crippen LogP contribution in [0.1, 0.15) is 55.2 Å². The Labute approximate surface area is 95.4 Å². The first-order valence-corrected chi connectivity index (χ1v) is 6.73. The zero-order chi connectivity index (χ0) is 10.7. The van der Waals surface area contributed by atoms with Crippen LogP contribution >= 0.6 is 11.3 Å². The first kappa shape index (κ1) is 11.1. The van der Waals surface area contributed by atoms with Crippen molar-refractivity contribution in [3.8, 4) is 0 Å². The number of aliphatic hydroxyl groups is 1. The molecule has 1 aromatic rings. The molecule has 1 N–H and O–H groups in total. The summed E-state index contributed by atoms with van der Waals surface area (Å²) in [6.07, 6.45) is 7.33. The van der Waals surface area contributed by atoms with Gasteiger partial charge >= 0.3 is 0 Å². The summed E-state index contributed by atoms with van der Waals surface area (Å²) in [6.45, 7) is 1.98. The minimum Gasteiger partial charge on any atom is -0.387 e. The van der Waals surface area contributed by atoms with Gasteiger partial charge in [-0.25, -0.2) is 4.98 Å². The summed E-state index contributed by atoms with van der Waals surface area (Å²) in [5.41, 5.74) is 2.83. The number of nitrogens with zero attached hydrogens (tertiary/aromatic N) is 1. The summed E-state index contributed by atoms with van der Waals surface area (Å²) in [5, 5.41) is 10.1. The molecule has 1 atom stereocenters. The van der Waals surface area contributed by atoms with Crippen molar-refractivity contribution in [1.82, 2.24) is 4.98 Å². The van der Waals surface area contributed by atoms with Crippen molar-refractivity contribution in [1.29, 1.82) is 0 Å². The van der Waals surface area contributed by atoms with Crippen LogP contribution in [0.2, 0.25) is 0 Å². The summed E-state index contributed by atoms with van der Waals surface area (Å²) in [5.74, 6) is 0.732. The molecule has 1 heterocycles. The highest BCUT2D eigenvalue weighted by atomic mass is 32.1. The molecular weight excluding hydrogens is 206 g/mol. The molecule has 0 bridgehead atoms. The fourth-order valence-corrected chi connectivity index (χ4v) is 3.28. The largest absolute Gasteiger partial charge is 0.387 e. The second kappa shape index (κ2) is 5.08. The van der Waals surface area contributed by atoms with Crippen molar-refractivity contribution >= 4 is 11.3 Å². The zero-order valence-electron chi connectivity index (χ0n) is 9.28. The summed E-state index contributed by atoms with van der Waals surface area (Å²) in [6, 6.07) is 0. The van der Waals surface area contributed by atoms with Crippen molar-refractivity contribution in [3.05, 3.63) is 16.1 Å². The van der Waals surface area contributed by atoms with Gasteiger partial charge in [0, 0.05) is 0 Å². The lowest BCUT2D eigenvalue weighted by molar-refractivity contribution is 0.134. The molecule has 1 fully saturated rings. The molecule has 1 saturated carbocycles. The molecule has 3 heteroatoms. The Kier molecular flexibility index (Phi) is 3.76. The molecule has 1 aliphatic rings. The monoisotopic (exact) mass is 225 g/mol. The maximum Gasteiger partial charge on any atom is 0.0903 e. The van der Waals surface area contributed by atoms with Crippen molar-refractivity contribution in [2.45, 2.75) is 51.6 Å². The maximum absolute atomic E-state index is 10.1. The lowest BCUT2D eigenvalue weighted by Crippen LogP contribution is -2.11. The molecule has 1 aromatic heterocycles. The van der Waals surface area contributed by atoms with Crippen LogP contribution in [0.3, 0.4) is 0 Å². The zero-order valence-corrected chi connectivity index (χ0v) is 10.1. The first-order valence-electron chi connectivity index (χ1n) is 5.85. The molecule has 0 radical (unpaired) electrons. The van der Waals surface area contributed by atoms with Crippen LogP contribution in [0.25, 0.3) is 0 Å². The van der Waals surface area contributed by atoms with Crippen LogP contribution in [0.4, 0.5) is 0 Å². The second-order valence-corrected chi connectivity index (χ2v) is 5.44. The van der Waals surface area contributed by atoms with Gasteiger partial charge in [-0.05, 0) is 19.3 Å². The highest BCUT2D eigenvalue weighted by Crippen LogP contribution is 2.33. The normalized spacial score (nSPS) is 20.4. The average molecular weight is 225 g/mol. The molecule has 15 heavy (non-hydrogen) atoms. The van der Waals surface area contributed by atoms with Gasteiger partial charge in [0.1, 0.15) is 0 Å². The van der Waals surface area contributed by atoms with Crippen LogP contribution in [0, 0.1) is 12.8 Å². The number of rotatable bonds is 3. The molecule has 0 spiro atoms. The number of hydrogen-bond donors (Lipinski definition) is 1. The molecule has 0 saturated heterocycles. The predicted molar refractivity (Wildman–Crippen MR) is 63.0 cm³/mol. The lowest BCUT2D eigenvalue weighted by atomic mass is 9.85. The molecule has 2 rings (SSSR count). The van der Waals surface area contributed by atoms with Crippen LogP contribution in [0.15, 0.2) is 5.51 Å². The topological polar surface area (TPSA) is 33.1 Å². The Balaban J connectivity index is 1.91. The third-order valence-corrected chi connectivity index (χ3v) is 4.40. The summed E-state index contributed by atoms with van der Waals surface area (Å²) in [4.78, 5) is 5.26. The Hall–Kier alpha value is -0.410. The van der Waals surface area contributed by atoms with Crippen molar-refractivity contribution < 1.29 is 5.11 Å². The van der Waals surface area contributed by atoms with Gasteiger partial charge in [0.2, 0.25) is 0 Å². The van der Waals surface area contributed by atoms with Crippen LogP contribution in [-0.2, 0) is 0 Å². The van der Waals surface area contributed by atoms with Crippen molar-refractivity contribution in [3.63, 3.8) is 0 Å². The minimum absolute atomic E-state index is 0.277. The molecule has 2 nitrogen and oxygen atoms in total. The van der Waals surface area contributed by atoms with E-state index in [1.165, 1.54) is 32.1 Å². The Bertz CT molecular complexity index is 304. The molecule has 0 amide bonds. The van der Waals surface area contributed by atoms with Gasteiger partial charge in [-0.15, -0.1) is 11.3 Å². The fourth-order valence-electron chi connectivity index (χ4n) is 2.48. The summed E-state index contributed by atoms with van der Waals surface area (Å²) >= 11 is 1.59. The van der Waals surface area contributed by atoms with Crippen molar-refractivity contribution in [2.24, 2.45) is 5.92 Å². The van der Waals surface area contributed by atoms with Gasteiger partial charge in [-0.3, -0.25) is 0 Å². The minimum atomic E-state index is -0.277. The average Bonchev–Trinajstić information content (AvgIpc) is 2.66. The van der Waals surface area contributed by atoms with E-state index in [1.54, 1.807) is 11.3 Å². The maximum atomic E-state index is 10.1. The van der Waals surface area contributed by atoms with Gasteiger partial charge in [-0.2, -0.15) is 0 Å². The number of aliphatic hydroxyl groups excluding tert-OH is 1. The summed E-state index contributed by atoms with van der Waals surface area (Å²) < 4.78 is 0. The van der Waals surface area contributed by atoms with Gasteiger partial charge in [-0.1, -0.05) is 32.1 Å². The van der Waals surface area contributed by atoms with E-state index in [-0.39, 0.29) is 6.10 Å². The van der Waals surface area contributed by atoms with Gasteiger partial charge in [0.15, 0.2) is 0 Å². The molecule has 84 valence electrons. The van der Waals surface area contributed by atoms with E-state index < -0.39 is 0 Å². The number of aryl methyl sites for hydroxylation is 1. The standard InChI is InChI=1S/C12H19NOS/c1-9-12(15-8-13-9)11(14)7-10-5-3-2-4-6-10/h8,10-11,14H,2-7H2,1H3. The Morgan fingerprint density at radius 1 is 1.47 bits per heavy atom. The van der Waals surface area contributed by atoms with Gasteiger partial charge < -0.3 is 5.11 Å². The van der Waals surface area contributed by atoms with E-state index >= 15 is 0 Å². The quantitative estimate of drug-likeness (QED) is 0.854. The molecule has 0 aliphatic heterocycles. The van der Waals surface area contributed by atoms with Crippen molar-refractivity contribution in [2.75, 3.05) is 0 Å². The molecule has 0 aromatic carbocycles. The van der Waals surface area contributed by atoms with Gasteiger partial charge in [0.25, 0.3) is 0 Å². The van der Waals surface area contributed by atoms with E-state index in [1.807, 2.05) is 12.4 Å². The number of aromatic nitrogens is 1. The van der Waals surface area contributed by atoms with E-state index in [4.69, 9.17) is 0 Å². The molecular formula is C12H19NOS. The van der Waals surface area contributed by atoms with Crippen LogP contribution in [0.5, 0.6) is 0 Å². The third-order valence-electron chi connectivity index (χ3n) is 3.37. The van der Waals surface area contributed by atoms with E-state index in [2.05, 4.69) is 4.98 Å². The fraction of sp³-hybridized carbons (Fsp3) is 0.750. The Morgan fingerprint density at radius 3 is 2.80 bits per heavy atom. The van der Waals surface area contributed by atoms with Crippen LogP contribution in [-0.4, -0.2) is 10.1 Å². The van der Waals surface area contributed by atoms with E-state index in [0.29, 0.717) is 0 Å².